The first-order valence-electron chi connectivity index (χ1n) is 4.59. The summed E-state index contributed by atoms with van der Waals surface area (Å²) in [4.78, 5) is 13.6. The van der Waals surface area contributed by atoms with Gasteiger partial charge in [0, 0.05) is 13.1 Å². The Labute approximate surface area is 77.7 Å². The van der Waals surface area contributed by atoms with Crippen molar-refractivity contribution >= 4 is 5.91 Å². The summed E-state index contributed by atoms with van der Waals surface area (Å²) in [5, 5.41) is 0. The highest BCUT2D eigenvalue weighted by Crippen LogP contribution is 2.13. The molecule has 0 saturated carbocycles. The summed E-state index contributed by atoms with van der Waals surface area (Å²) in [7, 11) is 0. The lowest BCUT2D eigenvalue weighted by atomic mass is 10.1. The summed E-state index contributed by atoms with van der Waals surface area (Å²) < 4.78 is 5.18. The number of morpholine rings is 1. The fourth-order valence-electron chi connectivity index (χ4n) is 1.59. The van der Waals surface area contributed by atoms with Crippen LogP contribution in [0.3, 0.4) is 0 Å². The minimum Gasteiger partial charge on any atom is -0.378 e. The molecular formula is C10H13NO2. The van der Waals surface area contributed by atoms with Gasteiger partial charge < -0.3 is 9.64 Å². The zero-order valence-electron chi connectivity index (χ0n) is 7.48. The highest BCUT2D eigenvalue weighted by molar-refractivity contribution is 5.83. The van der Waals surface area contributed by atoms with Gasteiger partial charge in [-0.1, -0.05) is 24.3 Å². The van der Waals surface area contributed by atoms with E-state index in [1.165, 1.54) is 0 Å². The third kappa shape index (κ3) is 1.80. The molecule has 2 rings (SSSR count). The van der Waals surface area contributed by atoms with Crippen molar-refractivity contribution in [3.8, 4) is 0 Å². The van der Waals surface area contributed by atoms with E-state index in [4.69, 9.17) is 4.74 Å². The van der Waals surface area contributed by atoms with Crippen molar-refractivity contribution in [3.63, 3.8) is 0 Å². The molecular weight excluding hydrogens is 166 g/mol. The third-order valence-corrected chi connectivity index (χ3v) is 2.36. The third-order valence-electron chi connectivity index (χ3n) is 2.36. The van der Waals surface area contributed by atoms with Crippen LogP contribution < -0.4 is 0 Å². The molecule has 3 heteroatoms. The normalized spacial score (nSPS) is 22.6. The van der Waals surface area contributed by atoms with E-state index < -0.39 is 0 Å². The van der Waals surface area contributed by atoms with Crippen LogP contribution in [-0.2, 0) is 9.53 Å². The Balaban J connectivity index is 1.95. The van der Waals surface area contributed by atoms with Gasteiger partial charge in [0.2, 0.25) is 5.91 Å². The monoisotopic (exact) mass is 179 g/mol. The van der Waals surface area contributed by atoms with Crippen molar-refractivity contribution < 1.29 is 9.53 Å². The predicted molar refractivity (Wildman–Crippen MR) is 49.2 cm³/mol. The number of carbonyl (C=O) groups is 1. The zero-order chi connectivity index (χ0) is 9.10. The summed E-state index contributed by atoms with van der Waals surface area (Å²) in [6, 6.07) is 0. The molecule has 0 radical (unpaired) electrons. The van der Waals surface area contributed by atoms with E-state index in [2.05, 4.69) is 0 Å². The van der Waals surface area contributed by atoms with Gasteiger partial charge in [-0.2, -0.15) is 0 Å². The van der Waals surface area contributed by atoms with Crippen molar-refractivity contribution in [2.45, 2.75) is 0 Å². The molecule has 1 fully saturated rings. The molecule has 13 heavy (non-hydrogen) atoms. The molecule has 0 N–H and O–H groups in total. The predicted octanol–water partition coefficient (Wildman–Crippen LogP) is 0.587. The molecule has 1 saturated heterocycles. The Bertz CT molecular complexity index is 240. The maximum atomic E-state index is 11.8. The van der Waals surface area contributed by atoms with E-state index in [9.17, 15) is 4.79 Å². The lowest BCUT2D eigenvalue weighted by Crippen LogP contribution is -2.42. The highest BCUT2D eigenvalue weighted by atomic mass is 16.5. The van der Waals surface area contributed by atoms with E-state index in [0.717, 1.165) is 13.1 Å². The van der Waals surface area contributed by atoms with Gasteiger partial charge in [-0.15, -0.1) is 0 Å². The number of hydrogen-bond acceptors (Lipinski definition) is 2. The highest BCUT2D eigenvalue weighted by Gasteiger charge is 2.22. The number of carbonyl (C=O) groups excluding carboxylic acids is 1. The fourth-order valence-corrected chi connectivity index (χ4v) is 1.59. The van der Waals surface area contributed by atoms with Crippen molar-refractivity contribution in [3.05, 3.63) is 24.3 Å². The van der Waals surface area contributed by atoms with Crippen molar-refractivity contribution in [1.29, 1.82) is 0 Å². The first kappa shape index (κ1) is 8.51. The molecule has 70 valence electrons. The molecule has 3 nitrogen and oxygen atoms in total. The van der Waals surface area contributed by atoms with E-state index in [1.807, 2.05) is 29.2 Å². The summed E-state index contributed by atoms with van der Waals surface area (Å²) in [6.45, 7) is 2.81. The van der Waals surface area contributed by atoms with Crippen LogP contribution in [0.2, 0.25) is 0 Å². The number of amides is 1. The number of hydrogen-bond donors (Lipinski definition) is 0. The summed E-state index contributed by atoms with van der Waals surface area (Å²) >= 11 is 0. The summed E-state index contributed by atoms with van der Waals surface area (Å²) in [6.07, 6.45) is 7.70. The van der Waals surface area contributed by atoms with Crippen LogP contribution in [0.5, 0.6) is 0 Å². The number of allylic oxidation sites excluding steroid dienone is 2. The van der Waals surface area contributed by atoms with Crippen molar-refractivity contribution in [1.82, 2.24) is 4.90 Å². The molecule has 1 aliphatic carbocycles. The van der Waals surface area contributed by atoms with Crippen LogP contribution >= 0.6 is 0 Å². The van der Waals surface area contributed by atoms with E-state index in [-0.39, 0.29) is 11.8 Å². The molecule has 0 spiro atoms. The Morgan fingerprint density at radius 3 is 2.46 bits per heavy atom. The average molecular weight is 179 g/mol. The SMILES string of the molecule is O=C(C1C=CC=C1)N1CCOCC1. The standard InChI is InChI=1S/C10H13NO2/c12-10(9-3-1-2-4-9)11-5-7-13-8-6-11/h1-4,9H,5-8H2. The lowest BCUT2D eigenvalue weighted by molar-refractivity contribution is -0.136. The summed E-state index contributed by atoms with van der Waals surface area (Å²) in [5.41, 5.74) is 0. The van der Waals surface area contributed by atoms with Gasteiger partial charge in [0.1, 0.15) is 0 Å². The molecule has 0 bridgehead atoms. The van der Waals surface area contributed by atoms with Crippen LogP contribution in [0.4, 0.5) is 0 Å². The molecule has 1 heterocycles. The molecule has 2 aliphatic rings. The largest absolute Gasteiger partial charge is 0.378 e. The first-order chi connectivity index (χ1) is 6.38. The zero-order valence-corrected chi connectivity index (χ0v) is 7.48. The molecule has 1 amide bonds. The van der Waals surface area contributed by atoms with Crippen LogP contribution in [0, 0.1) is 5.92 Å². The Morgan fingerprint density at radius 2 is 1.85 bits per heavy atom. The lowest BCUT2D eigenvalue weighted by Gasteiger charge is -2.28. The van der Waals surface area contributed by atoms with Gasteiger partial charge in [0.05, 0.1) is 19.1 Å². The van der Waals surface area contributed by atoms with E-state index >= 15 is 0 Å². The second-order valence-corrected chi connectivity index (χ2v) is 3.23. The molecule has 0 aromatic carbocycles. The van der Waals surface area contributed by atoms with Crippen LogP contribution in [0.1, 0.15) is 0 Å². The maximum Gasteiger partial charge on any atom is 0.233 e. The molecule has 0 atom stereocenters. The Hall–Kier alpha value is -1.09. The Morgan fingerprint density at radius 1 is 1.23 bits per heavy atom. The topological polar surface area (TPSA) is 29.5 Å². The minimum absolute atomic E-state index is 0.0295. The molecule has 0 aromatic rings. The molecule has 0 aromatic heterocycles. The summed E-state index contributed by atoms with van der Waals surface area (Å²) in [5.74, 6) is 0.173. The average Bonchev–Trinajstić information content (AvgIpc) is 2.71. The quantitative estimate of drug-likeness (QED) is 0.589. The van der Waals surface area contributed by atoms with Gasteiger partial charge >= 0.3 is 0 Å². The van der Waals surface area contributed by atoms with Crippen LogP contribution in [0.15, 0.2) is 24.3 Å². The van der Waals surface area contributed by atoms with Gasteiger partial charge in [-0.3, -0.25) is 4.79 Å². The number of nitrogens with zero attached hydrogens (tertiary/aromatic N) is 1. The fraction of sp³-hybridized carbons (Fsp3) is 0.500. The first-order valence-corrected chi connectivity index (χ1v) is 4.59. The Kier molecular flexibility index (Phi) is 2.45. The van der Waals surface area contributed by atoms with Crippen molar-refractivity contribution in [2.75, 3.05) is 26.3 Å². The smallest absolute Gasteiger partial charge is 0.233 e. The second-order valence-electron chi connectivity index (χ2n) is 3.23. The van der Waals surface area contributed by atoms with Gasteiger partial charge in [0.25, 0.3) is 0 Å². The minimum atomic E-state index is -0.0295. The van der Waals surface area contributed by atoms with Crippen LogP contribution in [0.25, 0.3) is 0 Å². The van der Waals surface area contributed by atoms with E-state index in [1.54, 1.807) is 0 Å². The van der Waals surface area contributed by atoms with Gasteiger partial charge in [0.15, 0.2) is 0 Å². The van der Waals surface area contributed by atoms with Gasteiger partial charge in [-0.05, 0) is 0 Å². The number of rotatable bonds is 1. The van der Waals surface area contributed by atoms with Gasteiger partial charge in [-0.25, -0.2) is 0 Å². The molecule has 1 aliphatic heterocycles. The maximum absolute atomic E-state index is 11.8. The van der Waals surface area contributed by atoms with Crippen molar-refractivity contribution in [2.24, 2.45) is 5.92 Å². The van der Waals surface area contributed by atoms with E-state index in [0.29, 0.717) is 13.2 Å². The van der Waals surface area contributed by atoms with Crippen LogP contribution in [-0.4, -0.2) is 37.1 Å². The molecule has 0 unspecified atom stereocenters. The number of ether oxygens (including phenoxy) is 1. The second kappa shape index (κ2) is 3.75.